The summed E-state index contributed by atoms with van der Waals surface area (Å²) in [6, 6.07) is 20.4. The molecule has 0 radical (unpaired) electrons. The van der Waals surface area contributed by atoms with Crippen molar-refractivity contribution in [3.8, 4) is 22.9 Å². The molecule has 150 valence electrons. The zero-order chi connectivity index (χ0) is 21.1. The highest BCUT2D eigenvalue weighted by molar-refractivity contribution is 9.10. The Balaban J connectivity index is 1.89. The fraction of sp³-hybridized carbons (Fsp3) is 0.0870. The lowest BCUT2D eigenvalue weighted by Crippen LogP contribution is -2.20. The maximum absolute atomic E-state index is 13.2. The van der Waals surface area contributed by atoms with Crippen molar-refractivity contribution in [1.82, 2.24) is 9.66 Å². The van der Waals surface area contributed by atoms with Crippen molar-refractivity contribution < 1.29 is 9.47 Å². The van der Waals surface area contributed by atoms with E-state index in [9.17, 15) is 4.79 Å². The third kappa shape index (κ3) is 3.71. The number of methoxy groups -OCH3 is 2. The molecule has 7 heteroatoms. The summed E-state index contributed by atoms with van der Waals surface area (Å²) >= 11 is 3.48. The molecule has 0 bridgehead atoms. The molecule has 4 rings (SSSR count). The predicted octanol–water partition coefficient (Wildman–Crippen LogP) is 4.73. The lowest BCUT2D eigenvalue weighted by molar-refractivity contribution is 0.353. The zero-order valence-corrected chi connectivity index (χ0v) is 18.0. The average Bonchev–Trinajstić information content (AvgIpc) is 2.78. The van der Waals surface area contributed by atoms with E-state index in [1.165, 1.54) is 4.68 Å². The average molecular weight is 464 g/mol. The van der Waals surface area contributed by atoms with Gasteiger partial charge < -0.3 is 9.47 Å². The van der Waals surface area contributed by atoms with E-state index in [1.54, 1.807) is 32.6 Å². The Hall–Kier alpha value is -3.45. The molecule has 30 heavy (non-hydrogen) atoms. The minimum absolute atomic E-state index is 0.241. The summed E-state index contributed by atoms with van der Waals surface area (Å²) < 4.78 is 12.8. The van der Waals surface area contributed by atoms with Crippen molar-refractivity contribution >= 4 is 33.0 Å². The molecule has 0 N–H and O–H groups in total. The predicted molar refractivity (Wildman–Crippen MR) is 122 cm³/mol. The third-order valence-corrected chi connectivity index (χ3v) is 5.15. The standard InChI is InChI=1S/C23H18BrN3O3/c1-29-20-13-15(12-18(24)21(20)30-2)14-25-27-22(16-8-4-3-5-9-16)26-19-11-7-6-10-17(19)23(27)28/h3-14H,1-2H3. The number of fused-ring (bicyclic) bond motifs is 1. The molecule has 0 amide bonds. The number of nitrogens with zero attached hydrogens (tertiary/aromatic N) is 3. The Kier molecular flexibility index (Phi) is 5.63. The second kappa shape index (κ2) is 8.51. The number of ether oxygens (including phenoxy) is 2. The molecular weight excluding hydrogens is 446 g/mol. The third-order valence-electron chi connectivity index (χ3n) is 4.56. The lowest BCUT2D eigenvalue weighted by Gasteiger charge is -2.11. The molecule has 1 aromatic heterocycles. The Morgan fingerprint density at radius 2 is 1.73 bits per heavy atom. The van der Waals surface area contributed by atoms with E-state index in [1.807, 2.05) is 54.6 Å². The maximum Gasteiger partial charge on any atom is 0.282 e. The van der Waals surface area contributed by atoms with Crippen LogP contribution in [0.2, 0.25) is 0 Å². The molecule has 0 aliphatic rings. The van der Waals surface area contributed by atoms with Crippen molar-refractivity contribution in [3.05, 3.63) is 87.1 Å². The van der Waals surface area contributed by atoms with Gasteiger partial charge in [0.2, 0.25) is 0 Å². The van der Waals surface area contributed by atoms with Crippen LogP contribution in [0.1, 0.15) is 5.56 Å². The summed E-state index contributed by atoms with van der Waals surface area (Å²) in [5.74, 6) is 1.61. The quantitative estimate of drug-likeness (QED) is 0.401. The molecule has 0 aliphatic heterocycles. The van der Waals surface area contributed by atoms with E-state index in [-0.39, 0.29) is 5.56 Å². The number of para-hydroxylation sites is 1. The number of halogens is 1. The Bertz CT molecular complexity index is 1300. The van der Waals surface area contributed by atoms with Crippen LogP contribution in [0.15, 0.2) is 81.1 Å². The summed E-state index contributed by atoms with van der Waals surface area (Å²) in [6.07, 6.45) is 1.59. The molecule has 0 atom stereocenters. The fourth-order valence-electron chi connectivity index (χ4n) is 3.14. The van der Waals surface area contributed by atoms with Gasteiger partial charge in [0, 0.05) is 5.56 Å². The van der Waals surface area contributed by atoms with Crippen LogP contribution < -0.4 is 15.0 Å². The molecule has 1 heterocycles. The monoisotopic (exact) mass is 463 g/mol. The van der Waals surface area contributed by atoms with E-state index in [2.05, 4.69) is 21.0 Å². The highest BCUT2D eigenvalue weighted by Crippen LogP contribution is 2.35. The van der Waals surface area contributed by atoms with E-state index in [0.29, 0.717) is 28.2 Å². The Labute approximate surface area is 181 Å². The topological polar surface area (TPSA) is 65.7 Å². The van der Waals surface area contributed by atoms with Gasteiger partial charge >= 0.3 is 0 Å². The molecule has 3 aromatic carbocycles. The Morgan fingerprint density at radius 1 is 1.00 bits per heavy atom. The largest absolute Gasteiger partial charge is 0.493 e. The summed E-state index contributed by atoms with van der Waals surface area (Å²) in [5.41, 5.74) is 1.92. The summed E-state index contributed by atoms with van der Waals surface area (Å²) in [6.45, 7) is 0. The maximum atomic E-state index is 13.2. The van der Waals surface area contributed by atoms with Gasteiger partial charge in [-0.15, -0.1) is 0 Å². The first-order valence-corrected chi connectivity index (χ1v) is 9.94. The highest BCUT2D eigenvalue weighted by Gasteiger charge is 2.13. The first kappa shape index (κ1) is 19.8. The molecule has 0 saturated heterocycles. The van der Waals surface area contributed by atoms with Crippen LogP contribution in [0, 0.1) is 0 Å². The number of rotatable bonds is 5. The van der Waals surface area contributed by atoms with Gasteiger partial charge in [0.15, 0.2) is 17.3 Å². The van der Waals surface area contributed by atoms with Crippen LogP contribution in [0.4, 0.5) is 0 Å². The number of hydrogen-bond donors (Lipinski definition) is 0. The van der Waals surface area contributed by atoms with Crippen LogP contribution in [-0.2, 0) is 0 Å². The van der Waals surface area contributed by atoms with Crippen LogP contribution in [0.5, 0.6) is 11.5 Å². The van der Waals surface area contributed by atoms with Gasteiger partial charge in [0.25, 0.3) is 5.56 Å². The second-order valence-corrected chi connectivity index (χ2v) is 7.27. The van der Waals surface area contributed by atoms with Gasteiger partial charge in [0.05, 0.1) is 35.8 Å². The number of hydrogen-bond acceptors (Lipinski definition) is 5. The van der Waals surface area contributed by atoms with E-state index >= 15 is 0 Å². The van der Waals surface area contributed by atoms with Crippen LogP contribution >= 0.6 is 15.9 Å². The van der Waals surface area contributed by atoms with Crippen LogP contribution in [0.3, 0.4) is 0 Å². The zero-order valence-electron chi connectivity index (χ0n) is 16.4. The minimum Gasteiger partial charge on any atom is -0.493 e. The van der Waals surface area contributed by atoms with Gasteiger partial charge in [0.1, 0.15) is 0 Å². The molecule has 0 fully saturated rings. The van der Waals surface area contributed by atoms with E-state index in [0.717, 1.165) is 15.6 Å². The molecule has 0 saturated carbocycles. The van der Waals surface area contributed by atoms with Gasteiger partial charge in [-0.2, -0.15) is 9.78 Å². The first-order valence-electron chi connectivity index (χ1n) is 9.15. The van der Waals surface area contributed by atoms with Crippen molar-refractivity contribution in [1.29, 1.82) is 0 Å². The molecule has 4 aromatic rings. The van der Waals surface area contributed by atoms with Crippen LogP contribution in [0.25, 0.3) is 22.3 Å². The smallest absolute Gasteiger partial charge is 0.282 e. The second-order valence-electron chi connectivity index (χ2n) is 6.42. The number of benzene rings is 3. The van der Waals surface area contributed by atoms with Gasteiger partial charge in [-0.05, 0) is 45.8 Å². The van der Waals surface area contributed by atoms with Gasteiger partial charge in [-0.25, -0.2) is 4.98 Å². The summed E-state index contributed by atoms with van der Waals surface area (Å²) in [5, 5.41) is 4.98. The first-order chi connectivity index (χ1) is 14.6. The van der Waals surface area contributed by atoms with Crippen LogP contribution in [-0.4, -0.2) is 30.1 Å². The summed E-state index contributed by atoms with van der Waals surface area (Å²) in [4.78, 5) is 17.9. The molecule has 0 spiro atoms. The summed E-state index contributed by atoms with van der Waals surface area (Å²) in [7, 11) is 3.14. The van der Waals surface area contributed by atoms with Crippen molar-refractivity contribution in [2.24, 2.45) is 5.10 Å². The molecule has 0 aliphatic carbocycles. The van der Waals surface area contributed by atoms with Gasteiger partial charge in [-0.1, -0.05) is 42.5 Å². The van der Waals surface area contributed by atoms with Crippen molar-refractivity contribution in [2.75, 3.05) is 14.2 Å². The highest BCUT2D eigenvalue weighted by atomic mass is 79.9. The minimum atomic E-state index is -0.241. The fourth-order valence-corrected chi connectivity index (χ4v) is 3.76. The normalized spacial score (nSPS) is 11.2. The number of aromatic nitrogens is 2. The molecule has 6 nitrogen and oxygen atoms in total. The van der Waals surface area contributed by atoms with Gasteiger partial charge in [-0.3, -0.25) is 4.79 Å². The SMILES string of the molecule is COc1cc(C=Nn2c(-c3ccccc3)nc3ccccc3c2=O)cc(Br)c1OC. The molecular formula is C23H18BrN3O3. The Morgan fingerprint density at radius 3 is 2.47 bits per heavy atom. The van der Waals surface area contributed by atoms with E-state index in [4.69, 9.17) is 14.5 Å². The van der Waals surface area contributed by atoms with E-state index < -0.39 is 0 Å². The lowest BCUT2D eigenvalue weighted by atomic mass is 10.2. The van der Waals surface area contributed by atoms with Crippen molar-refractivity contribution in [2.45, 2.75) is 0 Å². The molecule has 0 unspecified atom stereocenters. The van der Waals surface area contributed by atoms with Crippen molar-refractivity contribution in [3.63, 3.8) is 0 Å².